The number of ether oxygens (including phenoxy) is 1. The third-order valence-corrected chi connectivity index (χ3v) is 4.76. The molecule has 0 fully saturated rings. The summed E-state index contributed by atoms with van der Waals surface area (Å²) in [6, 6.07) is 14.1. The van der Waals surface area contributed by atoms with Crippen LogP contribution < -0.4 is 4.74 Å². The van der Waals surface area contributed by atoms with Crippen LogP contribution >= 0.6 is 11.6 Å². The molecule has 3 rings (SSSR count). The van der Waals surface area contributed by atoms with Gasteiger partial charge in [-0.2, -0.15) is 5.10 Å². The van der Waals surface area contributed by atoms with E-state index in [1.165, 1.54) is 5.56 Å². The molecule has 0 unspecified atom stereocenters. The lowest BCUT2D eigenvalue weighted by molar-refractivity contribution is 0.414. The molecule has 134 valence electrons. The molecule has 1 heterocycles. The Morgan fingerprint density at radius 3 is 2.50 bits per heavy atom. The van der Waals surface area contributed by atoms with Gasteiger partial charge in [0.25, 0.3) is 0 Å². The minimum absolute atomic E-state index is 0.690. The topological polar surface area (TPSA) is 39.4 Å². The molecule has 0 aliphatic carbocycles. The van der Waals surface area contributed by atoms with Crippen molar-refractivity contribution in [2.75, 3.05) is 14.2 Å². The Hall–Kier alpha value is -2.59. The summed E-state index contributed by atoms with van der Waals surface area (Å²) in [5.74, 6) is 0.855. The van der Waals surface area contributed by atoms with Gasteiger partial charge in [0.1, 0.15) is 5.75 Å². The number of halogens is 1. The van der Waals surface area contributed by atoms with Gasteiger partial charge in [0.15, 0.2) is 0 Å². The van der Waals surface area contributed by atoms with E-state index in [9.17, 15) is 0 Å². The minimum Gasteiger partial charge on any atom is -0.497 e. The normalized spacial score (nSPS) is 11.3. The summed E-state index contributed by atoms with van der Waals surface area (Å²) in [6.07, 6.45) is 1.76. The number of methoxy groups -OCH3 is 1. The number of aliphatic imine (C=N–C) groups is 1. The lowest BCUT2D eigenvalue weighted by Gasteiger charge is -2.08. The zero-order chi connectivity index (χ0) is 18.7. The SMILES string of the molecule is CN=Cc1ccc(-c2c(C)nn(Cc3ccc(OC)cc3)c2C)cc1Cl. The highest BCUT2D eigenvalue weighted by molar-refractivity contribution is 6.33. The van der Waals surface area contributed by atoms with E-state index in [-0.39, 0.29) is 0 Å². The van der Waals surface area contributed by atoms with E-state index in [0.29, 0.717) is 11.6 Å². The highest BCUT2D eigenvalue weighted by Gasteiger charge is 2.15. The summed E-state index contributed by atoms with van der Waals surface area (Å²) in [6.45, 7) is 4.83. The molecule has 5 heteroatoms. The van der Waals surface area contributed by atoms with Crippen molar-refractivity contribution in [3.05, 3.63) is 70.0 Å². The number of hydrogen-bond donors (Lipinski definition) is 0. The number of benzene rings is 2. The maximum Gasteiger partial charge on any atom is 0.118 e. The Morgan fingerprint density at radius 1 is 1.15 bits per heavy atom. The third-order valence-electron chi connectivity index (χ3n) is 4.43. The molecule has 0 saturated heterocycles. The Labute approximate surface area is 159 Å². The second kappa shape index (κ2) is 7.75. The zero-order valence-corrected chi connectivity index (χ0v) is 16.2. The fraction of sp³-hybridized carbons (Fsp3) is 0.238. The summed E-state index contributed by atoms with van der Waals surface area (Å²) >= 11 is 6.40. The summed E-state index contributed by atoms with van der Waals surface area (Å²) < 4.78 is 7.25. The van der Waals surface area contributed by atoms with Crippen molar-refractivity contribution < 1.29 is 4.74 Å². The van der Waals surface area contributed by atoms with Gasteiger partial charge in [-0.05, 0) is 43.2 Å². The highest BCUT2D eigenvalue weighted by Crippen LogP contribution is 2.30. The Bertz CT molecular complexity index is 943. The van der Waals surface area contributed by atoms with Crippen molar-refractivity contribution in [2.45, 2.75) is 20.4 Å². The molecule has 26 heavy (non-hydrogen) atoms. The molecule has 0 spiro atoms. The van der Waals surface area contributed by atoms with Crippen LogP contribution in [-0.2, 0) is 6.54 Å². The molecule has 0 bridgehead atoms. The number of aromatic nitrogens is 2. The molecule has 0 atom stereocenters. The van der Waals surface area contributed by atoms with E-state index in [2.05, 4.69) is 30.1 Å². The van der Waals surface area contributed by atoms with Gasteiger partial charge in [-0.3, -0.25) is 9.67 Å². The average Bonchev–Trinajstić information content (AvgIpc) is 2.91. The molecular weight excluding hydrogens is 346 g/mol. The Morgan fingerprint density at radius 2 is 1.88 bits per heavy atom. The van der Waals surface area contributed by atoms with Crippen molar-refractivity contribution >= 4 is 17.8 Å². The molecule has 0 aliphatic rings. The molecule has 3 aromatic rings. The smallest absolute Gasteiger partial charge is 0.118 e. The summed E-state index contributed by atoms with van der Waals surface area (Å²) in [4.78, 5) is 4.03. The largest absolute Gasteiger partial charge is 0.497 e. The van der Waals surface area contributed by atoms with Gasteiger partial charge in [0.05, 0.1) is 19.3 Å². The Balaban J connectivity index is 1.93. The molecular formula is C21H22ClN3O. The number of hydrogen-bond acceptors (Lipinski definition) is 3. The van der Waals surface area contributed by atoms with Crippen LogP contribution in [0.15, 0.2) is 47.5 Å². The van der Waals surface area contributed by atoms with Gasteiger partial charge in [0, 0.05) is 35.1 Å². The first-order valence-electron chi connectivity index (χ1n) is 8.42. The first kappa shape index (κ1) is 18.2. The molecule has 0 amide bonds. The molecule has 4 nitrogen and oxygen atoms in total. The van der Waals surface area contributed by atoms with Crippen molar-refractivity contribution in [3.8, 4) is 16.9 Å². The fourth-order valence-corrected chi connectivity index (χ4v) is 3.33. The van der Waals surface area contributed by atoms with Crippen LogP contribution in [0.2, 0.25) is 5.02 Å². The lowest BCUT2D eigenvalue weighted by Crippen LogP contribution is -2.04. The highest BCUT2D eigenvalue weighted by atomic mass is 35.5. The van der Waals surface area contributed by atoms with Gasteiger partial charge < -0.3 is 4.74 Å². The van der Waals surface area contributed by atoms with E-state index in [4.69, 9.17) is 21.4 Å². The second-order valence-electron chi connectivity index (χ2n) is 6.18. The van der Waals surface area contributed by atoms with E-state index in [1.807, 2.05) is 35.9 Å². The maximum absolute atomic E-state index is 6.40. The van der Waals surface area contributed by atoms with E-state index < -0.39 is 0 Å². The van der Waals surface area contributed by atoms with Crippen molar-refractivity contribution in [3.63, 3.8) is 0 Å². The van der Waals surface area contributed by atoms with Crippen LogP contribution in [0.25, 0.3) is 11.1 Å². The van der Waals surface area contributed by atoms with E-state index in [0.717, 1.165) is 33.8 Å². The van der Waals surface area contributed by atoms with Gasteiger partial charge >= 0.3 is 0 Å². The number of nitrogens with zero attached hydrogens (tertiary/aromatic N) is 3. The van der Waals surface area contributed by atoms with Crippen LogP contribution in [0.1, 0.15) is 22.5 Å². The molecule has 2 aromatic carbocycles. The second-order valence-corrected chi connectivity index (χ2v) is 6.58. The van der Waals surface area contributed by atoms with Gasteiger partial charge in [-0.25, -0.2) is 0 Å². The van der Waals surface area contributed by atoms with Crippen LogP contribution in [0, 0.1) is 13.8 Å². The first-order valence-corrected chi connectivity index (χ1v) is 8.80. The summed E-state index contributed by atoms with van der Waals surface area (Å²) in [5.41, 5.74) is 6.39. The van der Waals surface area contributed by atoms with Crippen molar-refractivity contribution in [2.24, 2.45) is 4.99 Å². The standard InChI is InChI=1S/C21H22ClN3O/c1-14-21(17-7-8-18(12-23-3)20(22)11-17)15(2)25(24-14)13-16-5-9-19(26-4)10-6-16/h5-12H,13H2,1-4H3. The molecule has 0 aliphatic heterocycles. The molecule has 0 radical (unpaired) electrons. The molecule has 1 aromatic heterocycles. The van der Waals surface area contributed by atoms with E-state index >= 15 is 0 Å². The fourth-order valence-electron chi connectivity index (χ4n) is 3.10. The minimum atomic E-state index is 0.690. The summed E-state index contributed by atoms with van der Waals surface area (Å²) in [5, 5.41) is 5.42. The van der Waals surface area contributed by atoms with Crippen LogP contribution in [0.5, 0.6) is 5.75 Å². The maximum atomic E-state index is 6.40. The quantitative estimate of drug-likeness (QED) is 0.600. The van der Waals surface area contributed by atoms with Crippen molar-refractivity contribution in [1.29, 1.82) is 0 Å². The zero-order valence-electron chi connectivity index (χ0n) is 15.5. The Kier molecular flexibility index (Phi) is 5.43. The average molecular weight is 368 g/mol. The predicted octanol–water partition coefficient (Wildman–Crippen LogP) is 4.93. The summed E-state index contributed by atoms with van der Waals surface area (Å²) in [7, 11) is 3.41. The first-order chi connectivity index (χ1) is 12.5. The van der Waals surface area contributed by atoms with Crippen LogP contribution in [0.4, 0.5) is 0 Å². The third kappa shape index (κ3) is 3.65. The van der Waals surface area contributed by atoms with Gasteiger partial charge in [-0.1, -0.05) is 35.9 Å². The van der Waals surface area contributed by atoms with Gasteiger partial charge in [0.2, 0.25) is 0 Å². The number of aryl methyl sites for hydroxylation is 1. The van der Waals surface area contributed by atoms with Gasteiger partial charge in [-0.15, -0.1) is 0 Å². The molecule has 0 saturated carbocycles. The predicted molar refractivity (Wildman–Crippen MR) is 108 cm³/mol. The van der Waals surface area contributed by atoms with Crippen LogP contribution in [0.3, 0.4) is 0 Å². The van der Waals surface area contributed by atoms with Crippen LogP contribution in [-0.4, -0.2) is 30.2 Å². The lowest BCUT2D eigenvalue weighted by atomic mass is 10.0. The monoisotopic (exact) mass is 367 g/mol. The van der Waals surface area contributed by atoms with E-state index in [1.54, 1.807) is 20.4 Å². The van der Waals surface area contributed by atoms with Crippen molar-refractivity contribution in [1.82, 2.24) is 9.78 Å². The number of rotatable bonds is 5. The molecule has 0 N–H and O–H groups in total.